The Bertz CT molecular complexity index is 362. The van der Waals surface area contributed by atoms with Crippen LogP contribution in [0.3, 0.4) is 0 Å². The van der Waals surface area contributed by atoms with Crippen LogP contribution in [0.4, 0.5) is 4.79 Å². The molecule has 0 aliphatic carbocycles. The van der Waals surface area contributed by atoms with E-state index in [0.717, 1.165) is 5.56 Å². The van der Waals surface area contributed by atoms with Crippen molar-refractivity contribution >= 4 is 11.7 Å². The maximum Gasteiger partial charge on any atom is 0.335 e. The first kappa shape index (κ1) is 12.2. The van der Waals surface area contributed by atoms with Crippen molar-refractivity contribution in [2.45, 2.75) is 13.5 Å². The molecule has 0 saturated heterocycles. The summed E-state index contributed by atoms with van der Waals surface area (Å²) in [5, 5.41) is 6.46. The molecule has 0 bridgehead atoms. The zero-order valence-corrected chi connectivity index (χ0v) is 9.23. The van der Waals surface area contributed by atoms with E-state index in [1.54, 1.807) is 6.92 Å². The molecule has 0 radical (unpaired) electrons. The molecule has 0 unspecified atom stereocenters. The van der Waals surface area contributed by atoms with Gasteiger partial charge in [0.15, 0.2) is 0 Å². The van der Waals surface area contributed by atoms with Gasteiger partial charge in [0, 0.05) is 18.8 Å². The van der Waals surface area contributed by atoms with E-state index in [9.17, 15) is 4.79 Å². The Morgan fingerprint density at radius 3 is 2.69 bits per heavy atom. The summed E-state index contributed by atoms with van der Waals surface area (Å²) in [6.45, 7) is 2.56. The van der Waals surface area contributed by atoms with Crippen molar-refractivity contribution in [3.8, 4) is 0 Å². The number of hydrogen-bond donors (Lipinski definition) is 3. The van der Waals surface area contributed by atoms with Gasteiger partial charge in [0.2, 0.25) is 0 Å². The third-order valence-electron chi connectivity index (χ3n) is 1.94. The third-order valence-corrected chi connectivity index (χ3v) is 1.94. The van der Waals surface area contributed by atoms with E-state index in [1.165, 1.54) is 0 Å². The van der Waals surface area contributed by atoms with Crippen molar-refractivity contribution in [3.05, 3.63) is 35.9 Å². The second-order valence-electron chi connectivity index (χ2n) is 3.33. The van der Waals surface area contributed by atoms with Gasteiger partial charge in [0.25, 0.3) is 0 Å². The van der Waals surface area contributed by atoms with E-state index < -0.39 is 0 Å². The van der Waals surface area contributed by atoms with Crippen LogP contribution in [-0.4, -0.2) is 18.3 Å². The predicted molar refractivity (Wildman–Crippen MR) is 64.0 cm³/mol. The first-order chi connectivity index (χ1) is 7.72. The summed E-state index contributed by atoms with van der Waals surface area (Å²) < 4.78 is 0. The monoisotopic (exact) mass is 220 g/mol. The zero-order valence-electron chi connectivity index (χ0n) is 9.23. The number of carbonyl (C=O) groups is 1. The van der Waals surface area contributed by atoms with E-state index in [2.05, 4.69) is 15.8 Å². The van der Waals surface area contributed by atoms with E-state index in [4.69, 9.17) is 5.73 Å². The standard InChI is InChI=1S/C11H16N4O/c1-9(7-12)14-15-11(16)13-8-10-5-3-2-4-6-10/h2-6H,7-8,12H2,1H3,(H2,13,15,16)/b14-9+. The molecule has 1 aromatic rings. The fourth-order valence-electron chi connectivity index (χ4n) is 1.01. The van der Waals surface area contributed by atoms with Crippen LogP contribution in [0.15, 0.2) is 35.4 Å². The molecular formula is C11H16N4O. The number of hydrazone groups is 1. The number of rotatable bonds is 4. The van der Waals surface area contributed by atoms with Crippen LogP contribution in [0.25, 0.3) is 0 Å². The quantitative estimate of drug-likeness (QED) is 0.519. The summed E-state index contributed by atoms with van der Waals surface area (Å²) in [6.07, 6.45) is 0. The Morgan fingerprint density at radius 1 is 1.38 bits per heavy atom. The predicted octanol–water partition coefficient (Wildman–Crippen LogP) is 0.820. The van der Waals surface area contributed by atoms with Gasteiger partial charge in [-0.3, -0.25) is 0 Å². The van der Waals surface area contributed by atoms with Gasteiger partial charge in [-0.25, -0.2) is 10.2 Å². The normalized spacial score (nSPS) is 11.0. The molecule has 0 fully saturated rings. The minimum absolute atomic E-state index is 0.332. The molecule has 0 saturated carbocycles. The number of nitrogens with one attached hydrogen (secondary N) is 2. The summed E-state index contributed by atoms with van der Waals surface area (Å²) in [4.78, 5) is 11.3. The van der Waals surface area contributed by atoms with Gasteiger partial charge in [-0.05, 0) is 12.5 Å². The molecule has 0 atom stereocenters. The maximum atomic E-state index is 11.3. The van der Waals surface area contributed by atoms with Crippen molar-refractivity contribution in [2.24, 2.45) is 10.8 Å². The molecule has 86 valence electrons. The highest BCUT2D eigenvalue weighted by Gasteiger charge is 1.98. The Hall–Kier alpha value is -1.88. The highest BCUT2D eigenvalue weighted by Crippen LogP contribution is 1.96. The summed E-state index contributed by atoms with van der Waals surface area (Å²) in [5.74, 6) is 0. The highest BCUT2D eigenvalue weighted by atomic mass is 16.2. The van der Waals surface area contributed by atoms with Crippen molar-refractivity contribution in [3.63, 3.8) is 0 Å². The third kappa shape index (κ3) is 4.56. The first-order valence-corrected chi connectivity index (χ1v) is 5.03. The number of benzene rings is 1. The molecule has 5 nitrogen and oxygen atoms in total. The Balaban J connectivity index is 2.31. The molecule has 4 N–H and O–H groups in total. The molecule has 5 heteroatoms. The summed E-state index contributed by atoms with van der Waals surface area (Å²) >= 11 is 0. The molecule has 1 rings (SSSR count). The topological polar surface area (TPSA) is 79.5 Å². The molecule has 0 aromatic heterocycles. The smallest absolute Gasteiger partial charge is 0.333 e. The van der Waals surface area contributed by atoms with Crippen LogP contribution in [-0.2, 0) is 6.54 Å². The first-order valence-electron chi connectivity index (χ1n) is 5.03. The van der Waals surface area contributed by atoms with Gasteiger partial charge in [-0.1, -0.05) is 30.3 Å². The number of carbonyl (C=O) groups excluding carboxylic acids is 1. The number of urea groups is 1. The molecule has 0 spiro atoms. The fourth-order valence-corrected chi connectivity index (χ4v) is 1.01. The molecular weight excluding hydrogens is 204 g/mol. The zero-order chi connectivity index (χ0) is 11.8. The van der Waals surface area contributed by atoms with E-state index in [1.807, 2.05) is 30.3 Å². The van der Waals surface area contributed by atoms with Crippen LogP contribution in [0.2, 0.25) is 0 Å². The average Bonchev–Trinajstić information content (AvgIpc) is 2.34. The van der Waals surface area contributed by atoms with Crippen LogP contribution in [0.1, 0.15) is 12.5 Å². The lowest BCUT2D eigenvalue weighted by atomic mass is 10.2. The number of amides is 2. The van der Waals surface area contributed by atoms with Crippen molar-refractivity contribution in [2.75, 3.05) is 6.54 Å². The summed E-state index contributed by atoms with van der Waals surface area (Å²) in [6, 6.07) is 9.32. The van der Waals surface area contributed by atoms with Gasteiger partial charge in [0.1, 0.15) is 0 Å². The van der Waals surface area contributed by atoms with Crippen molar-refractivity contribution in [1.29, 1.82) is 0 Å². The van der Waals surface area contributed by atoms with Crippen LogP contribution in [0.5, 0.6) is 0 Å². The van der Waals surface area contributed by atoms with Crippen LogP contribution < -0.4 is 16.5 Å². The van der Waals surface area contributed by atoms with Crippen molar-refractivity contribution in [1.82, 2.24) is 10.7 Å². The van der Waals surface area contributed by atoms with Crippen LogP contribution >= 0.6 is 0 Å². The SMILES string of the molecule is C/C(CN)=N\NC(=O)NCc1ccccc1. The van der Waals surface area contributed by atoms with Crippen LogP contribution in [0, 0.1) is 0 Å². The van der Waals surface area contributed by atoms with Gasteiger partial charge in [-0.15, -0.1) is 0 Å². The summed E-state index contributed by atoms with van der Waals surface area (Å²) in [5.41, 5.74) is 9.40. The second-order valence-corrected chi connectivity index (χ2v) is 3.33. The van der Waals surface area contributed by atoms with Gasteiger partial charge in [0.05, 0.1) is 0 Å². The largest absolute Gasteiger partial charge is 0.335 e. The molecule has 16 heavy (non-hydrogen) atoms. The number of nitrogens with two attached hydrogens (primary N) is 1. The minimum Gasteiger partial charge on any atom is -0.333 e. The molecule has 0 aliphatic heterocycles. The molecule has 0 heterocycles. The number of nitrogens with zero attached hydrogens (tertiary/aromatic N) is 1. The average molecular weight is 220 g/mol. The number of hydrogen-bond acceptors (Lipinski definition) is 3. The lowest BCUT2D eigenvalue weighted by Crippen LogP contribution is -2.32. The van der Waals surface area contributed by atoms with Crippen molar-refractivity contribution < 1.29 is 4.79 Å². The summed E-state index contributed by atoms with van der Waals surface area (Å²) in [7, 11) is 0. The van der Waals surface area contributed by atoms with E-state index >= 15 is 0 Å². The highest BCUT2D eigenvalue weighted by molar-refractivity contribution is 5.85. The van der Waals surface area contributed by atoms with Gasteiger partial charge in [-0.2, -0.15) is 5.10 Å². The lowest BCUT2D eigenvalue weighted by molar-refractivity contribution is 0.241. The molecule has 0 aliphatic rings. The fraction of sp³-hybridized carbons (Fsp3) is 0.273. The maximum absolute atomic E-state index is 11.3. The Labute approximate surface area is 94.7 Å². The Morgan fingerprint density at radius 2 is 2.06 bits per heavy atom. The van der Waals surface area contributed by atoms with Gasteiger partial charge >= 0.3 is 6.03 Å². The minimum atomic E-state index is -0.336. The Kier molecular flexibility index (Phi) is 5.01. The van der Waals surface area contributed by atoms with E-state index in [0.29, 0.717) is 18.8 Å². The van der Waals surface area contributed by atoms with Gasteiger partial charge < -0.3 is 11.1 Å². The lowest BCUT2D eigenvalue weighted by Gasteiger charge is -2.04. The second kappa shape index (κ2) is 6.58. The molecule has 2 amide bonds. The molecule has 1 aromatic carbocycles. The van der Waals surface area contributed by atoms with E-state index in [-0.39, 0.29) is 6.03 Å².